The molecule has 4 rings (SSSR count). The highest BCUT2D eigenvalue weighted by molar-refractivity contribution is 7.13. The molecule has 0 atom stereocenters. The number of halogens is 3. The third kappa shape index (κ3) is 3.68. The number of nitrogens with two attached hydrogens (primary N) is 1. The number of aromatic nitrogens is 3. The Kier molecular flexibility index (Phi) is 5.37. The predicted molar refractivity (Wildman–Crippen MR) is 102 cm³/mol. The molecule has 2 heterocycles. The van der Waals surface area contributed by atoms with Crippen LogP contribution in [0.1, 0.15) is 36.7 Å². The highest BCUT2D eigenvalue weighted by Gasteiger charge is 2.38. The van der Waals surface area contributed by atoms with Crippen molar-refractivity contribution < 1.29 is 4.52 Å². The summed E-state index contributed by atoms with van der Waals surface area (Å²) in [5.41, 5.74) is 7.52. The van der Waals surface area contributed by atoms with Crippen molar-refractivity contribution in [2.75, 3.05) is 0 Å². The topological polar surface area (TPSA) is 77.8 Å². The molecule has 0 spiro atoms. The van der Waals surface area contributed by atoms with E-state index in [1.807, 2.05) is 11.4 Å². The molecule has 0 saturated heterocycles. The average Bonchev–Trinajstić information content (AvgIpc) is 3.15. The second kappa shape index (κ2) is 7.21. The highest BCUT2D eigenvalue weighted by Crippen LogP contribution is 2.37. The molecule has 2 N–H and O–H groups in total. The molecule has 1 saturated carbocycles. The quantitative estimate of drug-likeness (QED) is 0.656. The van der Waals surface area contributed by atoms with Crippen LogP contribution < -0.4 is 5.73 Å². The molecule has 0 radical (unpaired) electrons. The van der Waals surface area contributed by atoms with Gasteiger partial charge in [0.25, 0.3) is 0 Å². The third-order valence-corrected chi connectivity index (χ3v) is 5.68. The van der Waals surface area contributed by atoms with E-state index in [2.05, 4.69) is 15.1 Å². The van der Waals surface area contributed by atoms with Crippen molar-refractivity contribution in [3.05, 3.63) is 51.0 Å². The summed E-state index contributed by atoms with van der Waals surface area (Å²) in [6.45, 7) is 0. The molecule has 1 fully saturated rings. The summed E-state index contributed by atoms with van der Waals surface area (Å²) in [5, 5.41) is 8.01. The number of hydrogen-bond acceptors (Lipinski definition) is 6. The lowest BCUT2D eigenvalue weighted by molar-refractivity contribution is 0.229. The van der Waals surface area contributed by atoms with E-state index >= 15 is 0 Å². The molecule has 9 heteroatoms. The zero-order valence-corrected chi connectivity index (χ0v) is 16.2. The van der Waals surface area contributed by atoms with Crippen LogP contribution in [0.3, 0.4) is 0 Å². The molecule has 5 nitrogen and oxygen atoms in total. The SMILES string of the molecule is Cl.NC1(c2noc(Cc3csc(-c4ccc(Cl)cc4Cl)n3)n2)CCC1. The zero-order valence-electron chi connectivity index (χ0n) is 13.0. The maximum Gasteiger partial charge on any atom is 0.232 e. The van der Waals surface area contributed by atoms with Crippen molar-refractivity contribution >= 4 is 46.9 Å². The van der Waals surface area contributed by atoms with Crippen LogP contribution in [0.2, 0.25) is 10.0 Å². The van der Waals surface area contributed by atoms with Gasteiger partial charge < -0.3 is 10.3 Å². The predicted octanol–water partition coefficient (Wildman–Crippen LogP) is 4.85. The number of benzene rings is 1. The minimum atomic E-state index is -0.411. The van der Waals surface area contributed by atoms with E-state index in [-0.39, 0.29) is 12.4 Å². The van der Waals surface area contributed by atoms with Crippen molar-refractivity contribution in [2.24, 2.45) is 5.73 Å². The number of thiazole rings is 1. The molecule has 132 valence electrons. The van der Waals surface area contributed by atoms with E-state index in [9.17, 15) is 0 Å². The Bertz CT molecular complexity index is 891. The maximum atomic E-state index is 6.24. The summed E-state index contributed by atoms with van der Waals surface area (Å²) in [5.74, 6) is 1.13. The first-order valence-electron chi connectivity index (χ1n) is 7.55. The molecule has 2 aromatic heterocycles. The minimum absolute atomic E-state index is 0. The number of nitrogens with zero attached hydrogens (tertiary/aromatic N) is 3. The second-order valence-corrected chi connectivity index (χ2v) is 7.67. The van der Waals surface area contributed by atoms with Gasteiger partial charge in [0.15, 0.2) is 5.82 Å². The Hall–Kier alpha value is -1.18. The first-order chi connectivity index (χ1) is 11.5. The Balaban J connectivity index is 0.00000182. The van der Waals surface area contributed by atoms with Gasteiger partial charge in [-0.05, 0) is 37.5 Å². The number of rotatable bonds is 4. The van der Waals surface area contributed by atoms with Crippen LogP contribution in [0, 0.1) is 0 Å². The van der Waals surface area contributed by atoms with Gasteiger partial charge in [0.1, 0.15) is 5.01 Å². The Labute approximate surface area is 165 Å². The molecule has 0 bridgehead atoms. The van der Waals surface area contributed by atoms with E-state index in [0.29, 0.717) is 28.2 Å². The lowest BCUT2D eigenvalue weighted by Crippen LogP contribution is -2.44. The summed E-state index contributed by atoms with van der Waals surface area (Å²) < 4.78 is 5.33. The molecular weight excluding hydrogens is 403 g/mol. The molecule has 0 amide bonds. The fourth-order valence-electron chi connectivity index (χ4n) is 2.64. The summed E-state index contributed by atoms with van der Waals surface area (Å²) >= 11 is 13.7. The fourth-order valence-corrected chi connectivity index (χ4v) is 4.05. The average molecular weight is 418 g/mol. The molecule has 0 unspecified atom stereocenters. The van der Waals surface area contributed by atoms with Crippen LogP contribution in [-0.4, -0.2) is 15.1 Å². The van der Waals surface area contributed by atoms with Crippen molar-refractivity contribution in [2.45, 2.75) is 31.2 Å². The molecule has 1 aliphatic rings. The van der Waals surface area contributed by atoms with Gasteiger partial charge in [-0.2, -0.15) is 4.98 Å². The zero-order chi connectivity index (χ0) is 16.7. The van der Waals surface area contributed by atoms with Crippen molar-refractivity contribution in [1.82, 2.24) is 15.1 Å². The molecule has 1 aromatic carbocycles. The van der Waals surface area contributed by atoms with Gasteiger partial charge in [-0.1, -0.05) is 28.4 Å². The molecule has 1 aliphatic carbocycles. The van der Waals surface area contributed by atoms with Crippen LogP contribution in [0.4, 0.5) is 0 Å². The van der Waals surface area contributed by atoms with Gasteiger partial charge in [-0.3, -0.25) is 0 Å². The molecule has 25 heavy (non-hydrogen) atoms. The van der Waals surface area contributed by atoms with Crippen LogP contribution in [0.15, 0.2) is 28.1 Å². The maximum absolute atomic E-state index is 6.24. The standard InChI is InChI=1S/C16H14Cl2N4OS.ClH/c17-9-2-3-11(12(18)6-9)14-20-10(8-24-14)7-13-21-15(22-23-13)16(19)4-1-5-16;/h2-3,6,8H,1,4-5,7,19H2;1H. The van der Waals surface area contributed by atoms with E-state index < -0.39 is 5.54 Å². The minimum Gasteiger partial charge on any atom is -0.339 e. The van der Waals surface area contributed by atoms with Crippen molar-refractivity contribution in [3.63, 3.8) is 0 Å². The lowest BCUT2D eigenvalue weighted by atomic mass is 9.77. The van der Waals surface area contributed by atoms with Crippen LogP contribution >= 0.6 is 46.9 Å². The lowest BCUT2D eigenvalue weighted by Gasteiger charge is -2.34. The van der Waals surface area contributed by atoms with Gasteiger partial charge >= 0.3 is 0 Å². The van der Waals surface area contributed by atoms with Gasteiger partial charge in [-0.15, -0.1) is 23.7 Å². The Morgan fingerprint density at radius 2 is 2.04 bits per heavy atom. The molecule has 3 aromatic rings. The Morgan fingerprint density at radius 1 is 1.24 bits per heavy atom. The monoisotopic (exact) mass is 416 g/mol. The molecular formula is C16H15Cl3N4OS. The van der Waals surface area contributed by atoms with Crippen molar-refractivity contribution in [1.29, 1.82) is 0 Å². The van der Waals surface area contributed by atoms with E-state index in [1.165, 1.54) is 11.3 Å². The van der Waals surface area contributed by atoms with Gasteiger partial charge in [0.05, 0.1) is 22.7 Å². The first-order valence-corrected chi connectivity index (χ1v) is 9.19. The second-order valence-electron chi connectivity index (χ2n) is 5.97. The Morgan fingerprint density at radius 3 is 2.72 bits per heavy atom. The van der Waals surface area contributed by atoms with E-state index in [4.69, 9.17) is 33.5 Å². The summed E-state index contributed by atoms with van der Waals surface area (Å²) in [6, 6.07) is 5.38. The molecule has 0 aliphatic heterocycles. The number of hydrogen-bond donors (Lipinski definition) is 1. The fraction of sp³-hybridized carbons (Fsp3) is 0.312. The summed E-state index contributed by atoms with van der Waals surface area (Å²) in [7, 11) is 0. The summed E-state index contributed by atoms with van der Waals surface area (Å²) in [6.07, 6.45) is 3.40. The highest BCUT2D eigenvalue weighted by atomic mass is 35.5. The van der Waals surface area contributed by atoms with E-state index in [0.717, 1.165) is 35.5 Å². The van der Waals surface area contributed by atoms with Crippen LogP contribution in [-0.2, 0) is 12.0 Å². The van der Waals surface area contributed by atoms with Gasteiger partial charge in [0.2, 0.25) is 5.89 Å². The first kappa shape index (κ1) is 18.6. The van der Waals surface area contributed by atoms with Crippen LogP contribution in [0.25, 0.3) is 10.6 Å². The van der Waals surface area contributed by atoms with Gasteiger partial charge in [-0.25, -0.2) is 4.98 Å². The largest absolute Gasteiger partial charge is 0.339 e. The van der Waals surface area contributed by atoms with Crippen molar-refractivity contribution in [3.8, 4) is 10.6 Å². The van der Waals surface area contributed by atoms with E-state index in [1.54, 1.807) is 12.1 Å². The smallest absolute Gasteiger partial charge is 0.232 e. The normalized spacial score (nSPS) is 15.5. The summed E-state index contributed by atoms with van der Waals surface area (Å²) in [4.78, 5) is 9.03. The van der Waals surface area contributed by atoms with Gasteiger partial charge in [0, 0.05) is 16.0 Å². The van der Waals surface area contributed by atoms with Crippen LogP contribution in [0.5, 0.6) is 0 Å². The third-order valence-electron chi connectivity index (χ3n) is 4.20.